The van der Waals surface area contributed by atoms with E-state index in [-0.39, 0.29) is 42.0 Å². The molecule has 1 atom stereocenters. The Morgan fingerprint density at radius 1 is 1.13 bits per heavy atom. The summed E-state index contributed by atoms with van der Waals surface area (Å²) < 4.78 is 0.712. The molecule has 0 spiro atoms. The van der Waals surface area contributed by atoms with Gasteiger partial charge < -0.3 is 15.7 Å². The fourth-order valence-corrected chi connectivity index (χ4v) is 3.39. The van der Waals surface area contributed by atoms with Crippen LogP contribution in [-0.4, -0.2) is 44.5 Å². The summed E-state index contributed by atoms with van der Waals surface area (Å²) in [6.45, 7) is 7.52. The summed E-state index contributed by atoms with van der Waals surface area (Å²) in [7, 11) is 0. The normalized spacial score (nSPS) is 12.3. The molecule has 0 saturated carbocycles. The molecule has 0 aliphatic heterocycles. The Bertz CT molecular complexity index is 1020. The number of aryl methyl sites for hydroxylation is 1. The molecule has 10 heteroatoms. The van der Waals surface area contributed by atoms with E-state index in [9.17, 15) is 29.1 Å². The van der Waals surface area contributed by atoms with Crippen molar-refractivity contribution >= 4 is 23.5 Å². The highest BCUT2D eigenvalue weighted by Gasteiger charge is 2.30. The van der Waals surface area contributed by atoms with E-state index < -0.39 is 29.0 Å². The molecule has 0 fully saturated rings. The number of nitrogens with one attached hydrogen (secondary N) is 1. The second-order valence-electron chi connectivity index (χ2n) is 8.19. The number of hydrogen-bond donors (Lipinski definition) is 3. The number of nitrogens with two attached hydrogens (primary N) is 1. The minimum Gasteiger partial charge on any atom is -0.478 e. The molecule has 0 saturated heterocycles. The molecule has 10 nitrogen and oxygen atoms in total. The van der Waals surface area contributed by atoms with E-state index in [1.54, 1.807) is 6.07 Å². The molecule has 0 aliphatic carbocycles. The Morgan fingerprint density at radius 2 is 1.74 bits per heavy atom. The number of benzene rings is 1. The monoisotopic (exact) mass is 432 g/mol. The predicted molar refractivity (Wildman–Crippen MR) is 115 cm³/mol. The first kappa shape index (κ1) is 23.8. The van der Waals surface area contributed by atoms with Gasteiger partial charge >= 0.3 is 17.1 Å². The molecule has 2 rings (SSSR count). The molecule has 1 aromatic carbocycles. The molecule has 2 amide bonds. The topological polar surface area (TPSA) is 152 Å². The number of aromatic nitrogens is 1. The smallest absolute Gasteiger partial charge is 0.340 e. The first-order valence-corrected chi connectivity index (χ1v) is 10.1. The number of primary amides is 1. The average molecular weight is 432 g/mol. The second-order valence-corrected chi connectivity index (χ2v) is 8.19. The van der Waals surface area contributed by atoms with Crippen LogP contribution in [0.5, 0.6) is 0 Å². The van der Waals surface area contributed by atoms with Gasteiger partial charge in [-0.2, -0.15) is 4.68 Å². The van der Waals surface area contributed by atoms with Gasteiger partial charge in [-0.05, 0) is 50.3 Å². The summed E-state index contributed by atoms with van der Waals surface area (Å²) in [5, 5.41) is 9.46. The Hall–Kier alpha value is -3.43. The third-order valence-electron chi connectivity index (χ3n) is 4.92. The van der Waals surface area contributed by atoms with Crippen molar-refractivity contribution in [3.63, 3.8) is 0 Å². The van der Waals surface area contributed by atoms with Crippen LogP contribution in [0.4, 0.5) is 5.69 Å². The average Bonchev–Trinajstić information content (AvgIpc) is 3.23. The van der Waals surface area contributed by atoms with Crippen molar-refractivity contribution in [3.05, 3.63) is 50.0 Å². The Labute approximate surface area is 179 Å². The summed E-state index contributed by atoms with van der Waals surface area (Å²) >= 11 is 0. The predicted octanol–water partition coefficient (Wildman–Crippen LogP) is 0.727. The summed E-state index contributed by atoms with van der Waals surface area (Å²) in [5.74, 6) is -1.88. The van der Waals surface area contributed by atoms with Crippen molar-refractivity contribution in [2.24, 2.45) is 11.7 Å². The fourth-order valence-electron chi connectivity index (χ4n) is 3.39. The number of rotatable bonds is 11. The minimum absolute atomic E-state index is 0.0645. The molecular formula is C21H28N4O6. The summed E-state index contributed by atoms with van der Waals surface area (Å²) in [6.07, 6.45) is 0.767. The van der Waals surface area contributed by atoms with E-state index >= 15 is 0 Å². The van der Waals surface area contributed by atoms with Gasteiger partial charge in [0.15, 0.2) is 0 Å². The van der Waals surface area contributed by atoms with E-state index in [4.69, 9.17) is 5.73 Å². The molecular weight excluding hydrogens is 404 g/mol. The lowest BCUT2D eigenvalue weighted by Crippen LogP contribution is -2.51. The van der Waals surface area contributed by atoms with Crippen molar-refractivity contribution in [1.82, 2.24) is 9.58 Å². The highest BCUT2D eigenvalue weighted by molar-refractivity contribution is 5.94. The molecule has 1 heterocycles. The summed E-state index contributed by atoms with van der Waals surface area (Å²) in [6, 6.07) is 3.49. The van der Waals surface area contributed by atoms with Crippen molar-refractivity contribution in [2.75, 3.05) is 5.43 Å². The van der Waals surface area contributed by atoms with E-state index in [2.05, 4.69) is 5.43 Å². The third-order valence-corrected chi connectivity index (χ3v) is 4.92. The number of carbonyl (C=O) groups is 3. The first-order valence-electron chi connectivity index (χ1n) is 10.1. The Balaban J connectivity index is 2.17. The maximum absolute atomic E-state index is 12.9. The van der Waals surface area contributed by atoms with Crippen molar-refractivity contribution < 1.29 is 19.5 Å². The number of carboxylic acid groups (broad SMARTS) is 1. The molecule has 1 aromatic heterocycles. The molecule has 4 N–H and O–H groups in total. The SMILES string of the molecule is CC(C)CC(C(N)=O)N(C(=O)CCc1ccc(Nn2c(=O)c2=O)c(C(=O)O)c1)C(C)C. The van der Waals surface area contributed by atoms with Crippen LogP contribution >= 0.6 is 0 Å². The number of hydrogen-bond acceptors (Lipinski definition) is 6. The van der Waals surface area contributed by atoms with Crippen LogP contribution in [0.3, 0.4) is 0 Å². The van der Waals surface area contributed by atoms with Crippen LogP contribution in [0.2, 0.25) is 0 Å². The van der Waals surface area contributed by atoms with Gasteiger partial charge in [-0.3, -0.25) is 24.6 Å². The third kappa shape index (κ3) is 5.80. The molecule has 1 unspecified atom stereocenters. The molecule has 0 bridgehead atoms. The van der Waals surface area contributed by atoms with Crippen LogP contribution < -0.4 is 22.3 Å². The number of amides is 2. The van der Waals surface area contributed by atoms with Crippen molar-refractivity contribution in [3.8, 4) is 0 Å². The lowest BCUT2D eigenvalue weighted by atomic mass is 9.99. The van der Waals surface area contributed by atoms with Crippen LogP contribution in [0, 0.1) is 5.92 Å². The minimum atomic E-state index is -1.24. The van der Waals surface area contributed by atoms with Crippen LogP contribution in [-0.2, 0) is 16.0 Å². The summed E-state index contributed by atoms with van der Waals surface area (Å²) in [4.78, 5) is 60.2. The van der Waals surface area contributed by atoms with Gasteiger partial charge in [0.1, 0.15) is 6.04 Å². The zero-order chi connectivity index (χ0) is 23.5. The first-order chi connectivity index (χ1) is 14.4. The quantitative estimate of drug-likeness (QED) is 0.443. The lowest BCUT2D eigenvalue weighted by Gasteiger charge is -2.34. The zero-order valence-corrected chi connectivity index (χ0v) is 18.0. The number of carbonyl (C=O) groups excluding carboxylic acids is 2. The second kappa shape index (κ2) is 9.59. The molecule has 168 valence electrons. The Kier molecular flexibility index (Phi) is 7.37. The van der Waals surface area contributed by atoms with Gasteiger partial charge in [0.2, 0.25) is 11.8 Å². The van der Waals surface area contributed by atoms with Gasteiger partial charge in [-0.1, -0.05) is 19.9 Å². The lowest BCUT2D eigenvalue weighted by molar-refractivity contribution is -0.142. The van der Waals surface area contributed by atoms with E-state index in [0.29, 0.717) is 16.7 Å². The summed E-state index contributed by atoms with van der Waals surface area (Å²) in [5.41, 5.74) is 7.07. The standard InChI is InChI=1S/C21H28N4O6/c1-11(2)9-16(18(22)27)24(12(3)4)17(26)8-6-13-5-7-15(14(10-13)21(30)31)23-25-19(28)20(25)29/h5,7,10-12,16,23H,6,8-9H2,1-4H3,(H2,22,27)(H,30,31). The maximum atomic E-state index is 12.9. The molecule has 0 aliphatic rings. The fraction of sp³-hybridized carbons (Fsp3) is 0.476. The maximum Gasteiger partial charge on any atom is 0.340 e. The highest BCUT2D eigenvalue weighted by atomic mass is 16.4. The van der Waals surface area contributed by atoms with Gasteiger partial charge in [-0.25, -0.2) is 4.79 Å². The zero-order valence-electron chi connectivity index (χ0n) is 18.0. The Morgan fingerprint density at radius 3 is 2.19 bits per heavy atom. The molecule has 2 aromatic rings. The number of anilines is 1. The number of aromatic carboxylic acids is 1. The van der Waals surface area contributed by atoms with Crippen molar-refractivity contribution in [2.45, 2.75) is 59.0 Å². The van der Waals surface area contributed by atoms with Crippen LogP contribution in [0.1, 0.15) is 56.5 Å². The highest BCUT2D eigenvalue weighted by Crippen LogP contribution is 2.21. The van der Waals surface area contributed by atoms with Crippen LogP contribution in [0.25, 0.3) is 0 Å². The van der Waals surface area contributed by atoms with E-state index in [1.807, 2.05) is 27.7 Å². The number of nitrogens with zero attached hydrogens (tertiary/aromatic N) is 2. The van der Waals surface area contributed by atoms with Gasteiger partial charge in [0, 0.05) is 12.5 Å². The number of carboxylic acids is 1. The van der Waals surface area contributed by atoms with E-state index in [1.165, 1.54) is 17.0 Å². The molecule has 0 radical (unpaired) electrons. The molecule has 31 heavy (non-hydrogen) atoms. The van der Waals surface area contributed by atoms with Gasteiger partial charge in [0.05, 0.1) is 11.3 Å². The van der Waals surface area contributed by atoms with Gasteiger partial charge in [0.25, 0.3) is 0 Å². The van der Waals surface area contributed by atoms with Gasteiger partial charge in [-0.15, -0.1) is 0 Å². The largest absolute Gasteiger partial charge is 0.478 e. The van der Waals surface area contributed by atoms with E-state index in [0.717, 1.165) is 0 Å². The van der Waals surface area contributed by atoms with Crippen molar-refractivity contribution in [1.29, 1.82) is 0 Å². The van der Waals surface area contributed by atoms with Crippen LogP contribution in [0.15, 0.2) is 27.8 Å².